The van der Waals surface area contributed by atoms with Crippen LogP contribution >= 0.6 is 11.3 Å². The number of aromatic nitrogens is 1. The Labute approximate surface area is 181 Å². The van der Waals surface area contributed by atoms with Gasteiger partial charge in [0, 0.05) is 30.0 Å². The lowest BCUT2D eigenvalue weighted by atomic mass is 10.0. The molecule has 7 heteroatoms. The molecule has 1 atom stereocenters. The van der Waals surface area contributed by atoms with Crippen LogP contribution in [0.4, 0.5) is 0 Å². The van der Waals surface area contributed by atoms with Crippen molar-refractivity contribution >= 4 is 17.3 Å². The summed E-state index contributed by atoms with van der Waals surface area (Å²) in [4.78, 5) is 9.36. The van der Waals surface area contributed by atoms with Crippen LogP contribution in [0.25, 0.3) is 10.6 Å². The average molecular weight is 425 g/mol. The summed E-state index contributed by atoms with van der Waals surface area (Å²) in [6, 6.07) is 17.9. The maximum absolute atomic E-state index is 9.76. The Hall–Kier alpha value is -2.90. The number of ether oxygens (including phenoxy) is 1. The van der Waals surface area contributed by atoms with Crippen LogP contribution in [0.2, 0.25) is 0 Å². The van der Waals surface area contributed by atoms with Gasteiger partial charge in [-0.1, -0.05) is 30.3 Å². The molecule has 3 rings (SSSR count). The van der Waals surface area contributed by atoms with Gasteiger partial charge in [0.1, 0.15) is 10.8 Å². The van der Waals surface area contributed by atoms with Crippen molar-refractivity contribution in [2.45, 2.75) is 19.4 Å². The van der Waals surface area contributed by atoms with Gasteiger partial charge in [-0.15, -0.1) is 11.3 Å². The number of rotatable bonds is 9. The number of benzene rings is 2. The maximum atomic E-state index is 9.76. The molecule has 0 saturated carbocycles. The highest BCUT2D eigenvalue weighted by atomic mass is 32.1. The zero-order valence-electron chi connectivity index (χ0n) is 17.3. The van der Waals surface area contributed by atoms with Gasteiger partial charge in [0.05, 0.1) is 26.0 Å². The highest BCUT2D eigenvalue weighted by molar-refractivity contribution is 7.13. The molecule has 0 aliphatic heterocycles. The van der Waals surface area contributed by atoms with Crippen LogP contribution < -0.4 is 15.4 Å². The molecule has 1 heterocycles. The molecule has 0 aliphatic rings. The summed E-state index contributed by atoms with van der Waals surface area (Å²) in [7, 11) is 1.66. The van der Waals surface area contributed by atoms with Crippen molar-refractivity contribution in [1.29, 1.82) is 0 Å². The smallest absolute Gasteiger partial charge is 0.191 e. The molecule has 1 unspecified atom stereocenters. The number of aliphatic hydroxyl groups is 1. The van der Waals surface area contributed by atoms with E-state index in [1.165, 1.54) is 0 Å². The molecule has 3 aromatic rings. The minimum Gasteiger partial charge on any atom is -0.497 e. The highest BCUT2D eigenvalue weighted by Gasteiger charge is 2.11. The lowest BCUT2D eigenvalue weighted by Crippen LogP contribution is -2.39. The van der Waals surface area contributed by atoms with Gasteiger partial charge in [0.25, 0.3) is 0 Å². The van der Waals surface area contributed by atoms with Gasteiger partial charge < -0.3 is 20.5 Å². The molecule has 0 amide bonds. The van der Waals surface area contributed by atoms with Gasteiger partial charge in [-0.05, 0) is 36.8 Å². The van der Waals surface area contributed by atoms with E-state index < -0.39 is 0 Å². The molecule has 158 valence electrons. The lowest BCUT2D eigenvalue weighted by molar-refractivity contribution is 0.265. The van der Waals surface area contributed by atoms with Crippen LogP contribution in [0.5, 0.6) is 5.75 Å². The topological polar surface area (TPSA) is 78.8 Å². The second-order valence-electron chi connectivity index (χ2n) is 6.74. The molecule has 3 N–H and O–H groups in total. The third-order valence-corrected chi connectivity index (χ3v) is 5.58. The number of aliphatic hydroxyl groups excluding tert-OH is 1. The summed E-state index contributed by atoms with van der Waals surface area (Å²) >= 11 is 1.61. The van der Waals surface area contributed by atoms with Crippen molar-refractivity contribution < 1.29 is 9.84 Å². The van der Waals surface area contributed by atoms with Crippen molar-refractivity contribution in [3.05, 3.63) is 71.2 Å². The number of hydrogen-bond donors (Lipinski definition) is 3. The fourth-order valence-electron chi connectivity index (χ4n) is 2.98. The van der Waals surface area contributed by atoms with Crippen molar-refractivity contribution in [2.75, 3.05) is 26.8 Å². The van der Waals surface area contributed by atoms with E-state index in [-0.39, 0.29) is 12.5 Å². The number of guanidine groups is 1. The Bertz CT molecular complexity index is 926. The number of aliphatic imine (C=N–C) groups is 1. The molecule has 0 fully saturated rings. The Balaban J connectivity index is 1.62. The number of nitrogens with zero attached hydrogens (tertiary/aromatic N) is 2. The highest BCUT2D eigenvalue weighted by Crippen LogP contribution is 2.25. The first-order valence-electron chi connectivity index (χ1n) is 10.00. The van der Waals surface area contributed by atoms with E-state index in [9.17, 15) is 5.11 Å². The zero-order valence-corrected chi connectivity index (χ0v) is 18.2. The summed E-state index contributed by atoms with van der Waals surface area (Å²) in [6.45, 7) is 3.95. The van der Waals surface area contributed by atoms with Crippen LogP contribution in [0.15, 0.2) is 65.0 Å². The second-order valence-corrected chi connectivity index (χ2v) is 7.60. The minimum absolute atomic E-state index is 0.0102. The molecule has 0 radical (unpaired) electrons. The molecule has 0 saturated heterocycles. The van der Waals surface area contributed by atoms with Crippen molar-refractivity contribution in [2.24, 2.45) is 4.99 Å². The van der Waals surface area contributed by atoms with E-state index in [4.69, 9.17) is 9.72 Å². The van der Waals surface area contributed by atoms with Crippen LogP contribution in [-0.4, -0.2) is 42.9 Å². The molecule has 6 nitrogen and oxygen atoms in total. The van der Waals surface area contributed by atoms with Crippen LogP contribution in [0.3, 0.4) is 0 Å². The zero-order chi connectivity index (χ0) is 21.2. The number of nitrogens with one attached hydrogen (secondary N) is 2. The van der Waals surface area contributed by atoms with Crippen LogP contribution in [-0.2, 0) is 6.54 Å². The predicted octanol–water partition coefficient (Wildman–Crippen LogP) is 3.65. The average Bonchev–Trinajstić information content (AvgIpc) is 3.27. The summed E-state index contributed by atoms with van der Waals surface area (Å²) in [6.07, 6.45) is 0. The largest absolute Gasteiger partial charge is 0.497 e. The third kappa shape index (κ3) is 6.05. The summed E-state index contributed by atoms with van der Waals surface area (Å²) in [5.41, 5.74) is 3.09. The molecule has 0 spiro atoms. The summed E-state index contributed by atoms with van der Waals surface area (Å²) in [5, 5.41) is 19.3. The van der Waals surface area contributed by atoms with Crippen molar-refractivity contribution in [1.82, 2.24) is 15.6 Å². The van der Waals surface area contributed by atoms with E-state index >= 15 is 0 Å². The lowest BCUT2D eigenvalue weighted by Gasteiger charge is -2.18. The fourth-order valence-corrected chi connectivity index (χ4v) is 3.80. The first kappa shape index (κ1) is 21.8. The quantitative estimate of drug-likeness (QED) is 0.361. The van der Waals surface area contributed by atoms with E-state index in [2.05, 4.69) is 15.6 Å². The Kier molecular flexibility index (Phi) is 8.23. The minimum atomic E-state index is 0.0102. The standard InChI is InChI=1S/C23H28N4O2S/c1-3-24-23(25-13-19(15-28)17-7-5-4-6-8-17)26-14-20-16-30-22(27-20)18-9-11-21(29-2)12-10-18/h4-12,16,19,28H,3,13-15H2,1-2H3,(H2,24,25,26). The third-order valence-electron chi connectivity index (χ3n) is 4.64. The van der Waals surface area contributed by atoms with Crippen molar-refractivity contribution in [3.63, 3.8) is 0 Å². The molecule has 0 bridgehead atoms. The summed E-state index contributed by atoms with van der Waals surface area (Å²) < 4.78 is 5.21. The van der Waals surface area contributed by atoms with Gasteiger partial charge in [0.2, 0.25) is 0 Å². The number of hydrogen-bond acceptors (Lipinski definition) is 5. The molecule has 1 aromatic heterocycles. The Morgan fingerprint density at radius 2 is 1.90 bits per heavy atom. The number of methoxy groups -OCH3 is 1. The molecular weight excluding hydrogens is 396 g/mol. The van der Waals surface area contributed by atoms with Gasteiger partial charge in [0.15, 0.2) is 5.96 Å². The van der Waals surface area contributed by atoms with Crippen LogP contribution in [0, 0.1) is 0 Å². The first-order valence-corrected chi connectivity index (χ1v) is 10.9. The van der Waals surface area contributed by atoms with Gasteiger partial charge >= 0.3 is 0 Å². The SMILES string of the molecule is CCNC(=NCc1csc(-c2ccc(OC)cc2)n1)NCC(CO)c1ccccc1. The van der Waals surface area contributed by atoms with E-state index in [0.717, 1.165) is 34.1 Å². The monoisotopic (exact) mass is 424 g/mol. The van der Waals surface area contributed by atoms with Crippen molar-refractivity contribution in [3.8, 4) is 16.3 Å². The van der Waals surface area contributed by atoms with Gasteiger partial charge in [-0.25, -0.2) is 9.98 Å². The Morgan fingerprint density at radius 1 is 1.13 bits per heavy atom. The summed E-state index contributed by atoms with van der Waals surface area (Å²) in [5.74, 6) is 1.56. The van der Waals surface area contributed by atoms with E-state index in [0.29, 0.717) is 19.0 Å². The normalized spacial score (nSPS) is 12.4. The van der Waals surface area contributed by atoms with Crippen LogP contribution in [0.1, 0.15) is 24.1 Å². The molecule has 2 aromatic carbocycles. The molecular formula is C23H28N4O2S. The molecule has 30 heavy (non-hydrogen) atoms. The number of thiazole rings is 1. The van der Waals surface area contributed by atoms with E-state index in [1.54, 1.807) is 18.4 Å². The maximum Gasteiger partial charge on any atom is 0.191 e. The van der Waals surface area contributed by atoms with E-state index in [1.807, 2.05) is 66.9 Å². The second kappa shape index (κ2) is 11.3. The first-order chi connectivity index (χ1) is 14.7. The fraction of sp³-hybridized carbons (Fsp3) is 0.304. The predicted molar refractivity (Wildman–Crippen MR) is 123 cm³/mol. The molecule has 0 aliphatic carbocycles. The van der Waals surface area contributed by atoms with Gasteiger partial charge in [-0.3, -0.25) is 0 Å². The van der Waals surface area contributed by atoms with Gasteiger partial charge in [-0.2, -0.15) is 0 Å². The Morgan fingerprint density at radius 3 is 2.57 bits per heavy atom.